The second kappa shape index (κ2) is 7.95. The van der Waals surface area contributed by atoms with Crippen LogP contribution in [0.3, 0.4) is 0 Å². The molecular formula is C20H15FN6O3. The highest BCUT2D eigenvalue weighted by atomic mass is 19.1. The average Bonchev–Trinajstić information content (AvgIpc) is 2.75. The van der Waals surface area contributed by atoms with Crippen LogP contribution in [0.25, 0.3) is 10.9 Å². The Morgan fingerprint density at radius 2 is 1.80 bits per heavy atom. The van der Waals surface area contributed by atoms with Gasteiger partial charge in [0.25, 0.3) is 5.91 Å². The van der Waals surface area contributed by atoms with Crippen LogP contribution >= 0.6 is 0 Å². The summed E-state index contributed by atoms with van der Waals surface area (Å²) in [6, 6.07) is 8.23. The molecule has 4 aromatic rings. The molecule has 10 heteroatoms. The minimum atomic E-state index is -0.454. The van der Waals surface area contributed by atoms with Crippen LogP contribution in [0.15, 0.2) is 55.1 Å². The van der Waals surface area contributed by atoms with Crippen molar-refractivity contribution < 1.29 is 19.0 Å². The van der Waals surface area contributed by atoms with Gasteiger partial charge in [0, 0.05) is 17.0 Å². The van der Waals surface area contributed by atoms with Crippen LogP contribution in [0.4, 0.5) is 21.8 Å². The van der Waals surface area contributed by atoms with E-state index in [1.165, 1.54) is 56.2 Å². The number of amides is 1. The van der Waals surface area contributed by atoms with Crippen LogP contribution < -0.4 is 15.4 Å². The van der Waals surface area contributed by atoms with Crippen molar-refractivity contribution in [1.82, 2.24) is 19.9 Å². The molecule has 0 spiro atoms. The van der Waals surface area contributed by atoms with Crippen LogP contribution in [0.1, 0.15) is 10.4 Å². The first-order chi connectivity index (χ1) is 14.5. The number of fused-ring (bicyclic) bond motifs is 1. The van der Waals surface area contributed by atoms with Gasteiger partial charge in [0.15, 0.2) is 11.5 Å². The lowest BCUT2D eigenvalue weighted by atomic mass is 10.2. The highest BCUT2D eigenvalue weighted by Gasteiger charge is 2.11. The van der Waals surface area contributed by atoms with Crippen LogP contribution in [-0.2, 0) is 0 Å². The third kappa shape index (κ3) is 3.92. The van der Waals surface area contributed by atoms with Gasteiger partial charge in [0.1, 0.15) is 18.0 Å². The molecular weight excluding hydrogens is 391 g/mol. The number of nitrogens with one attached hydrogen (secondary N) is 2. The molecule has 0 atom stereocenters. The lowest BCUT2D eigenvalue weighted by molar-refractivity contribution is 0.102. The van der Waals surface area contributed by atoms with Crippen molar-refractivity contribution >= 4 is 34.3 Å². The number of phenolic OH excluding ortho intramolecular Hbond substituents is 1. The minimum absolute atomic E-state index is 0.0285. The first-order valence-corrected chi connectivity index (χ1v) is 8.71. The maximum Gasteiger partial charge on any atom is 0.258 e. The lowest BCUT2D eigenvalue weighted by Crippen LogP contribution is -2.14. The number of aromatic nitrogens is 4. The van der Waals surface area contributed by atoms with Gasteiger partial charge < -0.3 is 15.2 Å². The number of methoxy groups -OCH3 is 1. The van der Waals surface area contributed by atoms with Crippen molar-refractivity contribution in [3.8, 4) is 11.5 Å². The molecule has 0 unspecified atom stereocenters. The summed E-state index contributed by atoms with van der Waals surface area (Å²) in [4.78, 5) is 28.7. The minimum Gasteiger partial charge on any atom is -0.504 e. The number of phenols is 1. The zero-order valence-electron chi connectivity index (χ0n) is 15.6. The number of hydrogen-bond acceptors (Lipinski definition) is 8. The maximum absolute atomic E-state index is 13.0. The number of rotatable bonds is 5. The molecule has 30 heavy (non-hydrogen) atoms. The third-order valence-electron chi connectivity index (χ3n) is 4.18. The smallest absolute Gasteiger partial charge is 0.258 e. The number of carbonyl (C=O) groups is 1. The fourth-order valence-electron chi connectivity index (χ4n) is 2.70. The maximum atomic E-state index is 13.0. The Hall–Kier alpha value is -4.34. The average molecular weight is 406 g/mol. The summed E-state index contributed by atoms with van der Waals surface area (Å²) in [5.74, 6) is -0.0681. The Morgan fingerprint density at radius 3 is 2.50 bits per heavy atom. The zero-order valence-corrected chi connectivity index (χ0v) is 15.6. The molecule has 4 rings (SSSR count). The molecule has 0 aliphatic rings. The number of hydrogen-bond donors (Lipinski definition) is 3. The molecule has 0 aliphatic carbocycles. The van der Waals surface area contributed by atoms with Gasteiger partial charge in [0.2, 0.25) is 5.95 Å². The largest absolute Gasteiger partial charge is 0.504 e. The fourth-order valence-corrected chi connectivity index (χ4v) is 2.70. The quantitative estimate of drug-likeness (QED) is 0.462. The van der Waals surface area contributed by atoms with Crippen LogP contribution in [0.5, 0.6) is 11.5 Å². The van der Waals surface area contributed by atoms with Gasteiger partial charge in [-0.05, 0) is 30.3 Å². The number of carbonyl (C=O) groups excluding carboxylic acids is 1. The Kier molecular flexibility index (Phi) is 5.04. The normalized spacial score (nSPS) is 10.6. The Labute approximate surface area is 169 Å². The second-order valence-electron chi connectivity index (χ2n) is 6.14. The van der Waals surface area contributed by atoms with Crippen molar-refractivity contribution in [1.29, 1.82) is 0 Å². The highest BCUT2D eigenvalue weighted by molar-refractivity contribution is 6.03. The summed E-state index contributed by atoms with van der Waals surface area (Å²) in [5, 5.41) is 16.1. The Balaban J connectivity index is 1.52. The summed E-state index contributed by atoms with van der Waals surface area (Å²) in [6.45, 7) is 0. The molecule has 150 valence electrons. The van der Waals surface area contributed by atoms with E-state index >= 15 is 0 Å². The van der Waals surface area contributed by atoms with E-state index in [-0.39, 0.29) is 23.0 Å². The second-order valence-corrected chi connectivity index (χ2v) is 6.14. The number of benzene rings is 2. The van der Waals surface area contributed by atoms with Crippen LogP contribution in [0, 0.1) is 5.82 Å². The van der Waals surface area contributed by atoms with E-state index in [4.69, 9.17) is 4.74 Å². The molecule has 0 bridgehead atoms. The highest BCUT2D eigenvalue weighted by Crippen LogP contribution is 2.33. The number of halogens is 1. The van der Waals surface area contributed by atoms with Crippen molar-refractivity contribution in [3.05, 3.63) is 66.5 Å². The molecule has 2 aromatic carbocycles. The van der Waals surface area contributed by atoms with Gasteiger partial charge in [-0.15, -0.1) is 0 Å². The van der Waals surface area contributed by atoms with Gasteiger partial charge in [-0.2, -0.15) is 0 Å². The standard InChI is InChI=1S/C20H15FN6O3/c1-30-17-6-14-15(7-16(17)28)24-10-25-18(14)26-13-8-22-20(23-9-13)27-19(29)11-2-4-12(21)5-3-11/h2-10,28H,1H3,(H,24,25,26)(H,22,23,27,29). The molecule has 2 aromatic heterocycles. The summed E-state index contributed by atoms with van der Waals surface area (Å²) in [5.41, 5.74) is 1.32. The summed E-state index contributed by atoms with van der Waals surface area (Å²) in [7, 11) is 1.45. The van der Waals surface area contributed by atoms with Gasteiger partial charge in [0.05, 0.1) is 30.7 Å². The third-order valence-corrected chi connectivity index (χ3v) is 4.18. The number of aromatic hydroxyl groups is 1. The molecule has 3 N–H and O–H groups in total. The van der Waals surface area contributed by atoms with E-state index in [0.29, 0.717) is 22.4 Å². The number of anilines is 3. The summed E-state index contributed by atoms with van der Waals surface area (Å²) < 4.78 is 18.1. The Bertz CT molecular complexity index is 1220. The van der Waals surface area contributed by atoms with E-state index in [9.17, 15) is 14.3 Å². The molecule has 0 saturated heterocycles. The van der Waals surface area contributed by atoms with Gasteiger partial charge in [-0.3, -0.25) is 10.1 Å². The molecule has 0 fully saturated rings. The SMILES string of the molecule is COc1cc2c(Nc3cnc(NC(=O)c4ccc(F)cc4)nc3)ncnc2cc1O. The predicted octanol–water partition coefficient (Wildman–Crippen LogP) is 3.27. The molecule has 2 heterocycles. The van der Waals surface area contributed by atoms with E-state index < -0.39 is 11.7 Å². The monoisotopic (exact) mass is 406 g/mol. The van der Waals surface area contributed by atoms with E-state index in [1.54, 1.807) is 6.07 Å². The fraction of sp³-hybridized carbons (Fsp3) is 0.0500. The first kappa shape index (κ1) is 19.0. The number of ether oxygens (including phenoxy) is 1. The van der Waals surface area contributed by atoms with E-state index in [2.05, 4.69) is 30.6 Å². The van der Waals surface area contributed by atoms with E-state index in [1.807, 2.05) is 0 Å². The van der Waals surface area contributed by atoms with Crippen molar-refractivity contribution in [2.75, 3.05) is 17.7 Å². The molecule has 9 nitrogen and oxygen atoms in total. The Morgan fingerprint density at radius 1 is 1.07 bits per heavy atom. The van der Waals surface area contributed by atoms with Crippen LogP contribution in [0.2, 0.25) is 0 Å². The topological polar surface area (TPSA) is 122 Å². The van der Waals surface area contributed by atoms with Crippen molar-refractivity contribution in [2.45, 2.75) is 0 Å². The van der Waals surface area contributed by atoms with Crippen molar-refractivity contribution in [2.24, 2.45) is 0 Å². The number of nitrogens with zero attached hydrogens (tertiary/aromatic N) is 4. The summed E-state index contributed by atoms with van der Waals surface area (Å²) >= 11 is 0. The summed E-state index contributed by atoms with van der Waals surface area (Å²) in [6.07, 6.45) is 4.30. The van der Waals surface area contributed by atoms with Crippen molar-refractivity contribution in [3.63, 3.8) is 0 Å². The van der Waals surface area contributed by atoms with Gasteiger partial charge in [-0.1, -0.05) is 0 Å². The van der Waals surface area contributed by atoms with Gasteiger partial charge >= 0.3 is 0 Å². The lowest BCUT2D eigenvalue weighted by Gasteiger charge is -2.10. The van der Waals surface area contributed by atoms with Gasteiger partial charge in [-0.25, -0.2) is 24.3 Å². The molecule has 0 radical (unpaired) electrons. The molecule has 0 saturated carbocycles. The molecule has 0 aliphatic heterocycles. The van der Waals surface area contributed by atoms with E-state index in [0.717, 1.165) is 0 Å². The first-order valence-electron chi connectivity index (χ1n) is 8.71. The zero-order chi connectivity index (χ0) is 21.1. The predicted molar refractivity (Wildman–Crippen MR) is 107 cm³/mol. The van der Waals surface area contributed by atoms with Crippen LogP contribution in [-0.4, -0.2) is 38.1 Å². The molecule has 1 amide bonds.